The number of halogens is 1. The molecule has 1 aliphatic heterocycles. The van der Waals surface area contributed by atoms with Gasteiger partial charge in [-0.3, -0.25) is 0 Å². The Morgan fingerprint density at radius 2 is 2.17 bits per heavy atom. The van der Waals surface area contributed by atoms with E-state index < -0.39 is 21.9 Å². The fourth-order valence-electron chi connectivity index (χ4n) is 2.46. The van der Waals surface area contributed by atoms with Crippen LogP contribution in [0.4, 0.5) is 14.9 Å². The number of nitrogens with zero attached hydrogens (tertiary/aromatic N) is 1. The predicted molar refractivity (Wildman–Crippen MR) is 84.5 cm³/mol. The first-order valence-corrected chi connectivity index (χ1v) is 9.00. The van der Waals surface area contributed by atoms with E-state index in [-0.39, 0.29) is 24.0 Å². The highest BCUT2D eigenvalue weighted by molar-refractivity contribution is 7.88. The summed E-state index contributed by atoms with van der Waals surface area (Å²) in [6.07, 6.45) is 2.52. The first kappa shape index (κ1) is 17.5. The van der Waals surface area contributed by atoms with Gasteiger partial charge in [0.1, 0.15) is 0 Å². The number of anilines is 1. The van der Waals surface area contributed by atoms with E-state index in [1.54, 1.807) is 0 Å². The summed E-state index contributed by atoms with van der Waals surface area (Å²) < 4.78 is 42.8. The number of hydrogen-bond donors (Lipinski definition) is 2. The average molecular weight is 345 g/mol. The van der Waals surface area contributed by atoms with Crippen molar-refractivity contribution < 1.29 is 22.3 Å². The Balaban J connectivity index is 1.93. The van der Waals surface area contributed by atoms with Crippen molar-refractivity contribution in [2.45, 2.75) is 18.9 Å². The molecule has 0 aromatic heterocycles. The number of benzene rings is 1. The second-order valence-corrected chi connectivity index (χ2v) is 7.39. The third-order valence-electron chi connectivity index (χ3n) is 3.60. The molecule has 0 bridgehead atoms. The number of ether oxygens (including phenoxy) is 1. The summed E-state index contributed by atoms with van der Waals surface area (Å²) in [5.74, 6) is -0.488. The molecule has 7 nitrogen and oxygen atoms in total. The zero-order chi connectivity index (χ0) is 17.0. The van der Waals surface area contributed by atoms with Crippen LogP contribution in [-0.2, 0) is 10.0 Å². The van der Waals surface area contributed by atoms with E-state index in [0.29, 0.717) is 19.4 Å². The first-order valence-electron chi connectivity index (χ1n) is 7.16. The summed E-state index contributed by atoms with van der Waals surface area (Å²) in [7, 11) is -1.91. The summed E-state index contributed by atoms with van der Waals surface area (Å²) in [4.78, 5) is 12.0. The second kappa shape index (κ2) is 7.14. The van der Waals surface area contributed by atoms with Crippen molar-refractivity contribution in [1.29, 1.82) is 0 Å². The van der Waals surface area contributed by atoms with Crippen LogP contribution >= 0.6 is 0 Å². The monoisotopic (exact) mass is 345 g/mol. The van der Waals surface area contributed by atoms with Crippen molar-refractivity contribution in [2.75, 3.05) is 31.8 Å². The average Bonchev–Trinajstić information content (AvgIpc) is 2.46. The minimum Gasteiger partial charge on any atom is -0.494 e. The fourth-order valence-corrected chi connectivity index (χ4v) is 3.37. The molecule has 2 rings (SSSR count). The minimum absolute atomic E-state index is 0.0898. The molecular formula is C14H20FN3O4S. The summed E-state index contributed by atoms with van der Waals surface area (Å²) in [5.41, 5.74) is 0.288. The van der Waals surface area contributed by atoms with Gasteiger partial charge in [0.05, 0.1) is 13.4 Å². The van der Waals surface area contributed by atoms with Crippen molar-refractivity contribution in [3.8, 4) is 5.75 Å². The standard InChI is InChI=1S/C14H20FN3O4S/c1-22-13-6-5-10(8-12(13)15)16-14(19)17-11-4-3-7-18(9-11)23(2,20)21/h5-6,8,11H,3-4,7,9H2,1-2H3,(H2,16,17,19)/t11-/m1/s1. The maximum absolute atomic E-state index is 13.6. The number of amides is 2. The molecule has 2 N–H and O–H groups in total. The van der Waals surface area contributed by atoms with Gasteiger partial charge in [0.25, 0.3) is 0 Å². The van der Waals surface area contributed by atoms with Crippen LogP contribution in [0, 0.1) is 5.82 Å². The Morgan fingerprint density at radius 3 is 2.78 bits per heavy atom. The molecule has 0 unspecified atom stereocenters. The van der Waals surface area contributed by atoms with Gasteiger partial charge in [0.15, 0.2) is 11.6 Å². The van der Waals surface area contributed by atoms with Crippen LogP contribution in [0.2, 0.25) is 0 Å². The minimum atomic E-state index is -3.27. The Hall–Kier alpha value is -1.87. The van der Waals surface area contributed by atoms with Crippen molar-refractivity contribution in [3.63, 3.8) is 0 Å². The van der Waals surface area contributed by atoms with Gasteiger partial charge in [-0.1, -0.05) is 0 Å². The van der Waals surface area contributed by atoms with Gasteiger partial charge in [0.2, 0.25) is 10.0 Å². The van der Waals surface area contributed by atoms with Crippen LogP contribution in [-0.4, -0.2) is 51.3 Å². The molecule has 1 saturated heterocycles. The highest BCUT2D eigenvalue weighted by Crippen LogP contribution is 2.20. The lowest BCUT2D eigenvalue weighted by molar-refractivity contribution is 0.236. The third kappa shape index (κ3) is 4.80. The van der Waals surface area contributed by atoms with Crippen LogP contribution in [0.5, 0.6) is 5.75 Å². The van der Waals surface area contributed by atoms with E-state index in [0.717, 1.165) is 12.3 Å². The lowest BCUT2D eigenvalue weighted by Gasteiger charge is -2.31. The van der Waals surface area contributed by atoms with Crippen LogP contribution in [0.15, 0.2) is 18.2 Å². The molecule has 128 valence electrons. The van der Waals surface area contributed by atoms with Crippen LogP contribution < -0.4 is 15.4 Å². The van der Waals surface area contributed by atoms with Gasteiger partial charge >= 0.3 is 6.03 Å². The predicted octanol–water partition coefficient (Wildman–Crippen LogP) is 1.38. The number of sulfonamides is 1. The van der Waals surface area contributed by atoms with E-state index in [1.807, 2.05) is 0 Å². The number of urea groups is 1. The Morgan fingerprint density at radius 1 is 1.43 bits per heavy atom. The van der Waals surface area contributed by atoms with Crippen LogP contribution in [0.3, 0.4) is 0 Å². The third-order valence-corrected chi connectivity index (χ3v) is 4.87. The van der Waals surface area contributed by atoms with E-state index in [9.17, 15) is 17.6 Å². The van der Waals surface area contributed by atoms with E-state index >= 15 is 0 Å². The molecule has 1 atom stereocenters. The topological polar surface area (TPSA) is 87.7 Å². The Kier molecular flexibility index (Phi) is 5.42. The molecule has 0 radical (unpaired) electrons. The molecule has 2 amide bonds. The number of rotatable bonds is 4. The van der Waals surface area contributed by atoms with Crippen LogP contribution in [0.25, 0.3) is 0 Å². The van der Waals surface area contributed by atoms with Crippen molar-refractivity contribution >= 4 is 21.7 Å². The van der Waals surface area contributed by atoms with Gasteiger partial charge in [-0.2, -0.15) is 0 Å². The SMILES string of the molecule is COc1ccc(NC(=O)N[C@@H]2CCCN(S(C)(=O)=O)C2)cc1F. The smallest absolute Gasteiger partial charge is 0.319 e. The summed E-state index contributed by atoms with van der Waals surface area (Å²) >= 11 is 0. The fraction of sp³-hybridized carbons (Fsp3) is 0.500. The number of methoxy groups -OCH3 is 1. The number of carbonyl (C=O) groups is 1. The van der Waals surface area contributed by atoms with Crippen LogP contribution in [0.1, 0.15) is 12.8 Å². The summed E-state index contributed by atoms with van der Waals surface area (Å²) in [5, 5.41) is 5.23. The lowest BCUT2D eigenvalue weighted by Crippen LogP contribution is -2.50. The molecular weight excluding hydrogens is 325 g/mol. The number of carbonyl (C=O) groups excluding carboxylic acids is 1. The molecule has 1 fully saturated rings. The summed E-state index contributed by atoms with van der Waals surface area (Å²) in [6.45, 7) is 0.700. The Labute approximate surface area is 134 Å². The molecule has 0 spiro atoms. The summed E-state index contributed by atoms with van der Waals surface area (Å²) in [6, 6.07) is 3.31. The highest BCUT2D eigenvalue weighted by Gasteiger charge is 2.26. The molecule has 0 aliphatic carbocycles. The van der Waals surface area contributed by atoms with Gasteiger partial charge < -0.3 is 15.4 Å². The van der Waals surface area contributed by atoms with Crippen molar-refractivity contribution in [2.24, 2.45) is 0 Å². The molecule has 1 heterocycles. The maximum atomic E-state index is 13.6. The quantitative estimate of drug-likeness (QED) is 0.863. The van der Waals surface area contributed by atoms with E-state index in [4.69, 9.17) is 4.74 Å². The highest BCUT2D eigenvalue weighted by atomic mass is 32.2. The molecule has 23 heavy (non-hydrogen) atoms. The maximum Gasteiger partial charge on any atom is 0.319 e. The van der Waals surface area contributed by atoms with Crippen molar-refractivity contribution in [1.82, 2.24) is 9.62 Å². The Bertz CT molecular complexity index is 681. The number of piperidine rings is 1. The van der Waals surface area contributed by atoms with Gasteiger partial charge in [-0.05, 0) is 25.0 Å². The zero-order valence-corrected chi connectivity index (χ0v) is 13.8. The lowest BCUT2D eigenvalue weighted by atomic mass is 10.1. The van der Waals surface area contributed by atoms with Gasteiger partial charge in [-0.25, -0.2) is 21.9 Å². The number of nitrogens with one attached hydrogen (secondary N) is 2. The molecule has 0 saturated carbocycles. The van der Waals surface area contributed by atoms with E-state index in [1.165, 1.54) is 23.5 Å². The van der Waals surface area contributed by atoms with Gasteiger partial charge in [-0.15, -0.1) is 0 Å². The van der Waals surface area contributed by atoms with Gasteiger partial charge in [0, 0.05) is 30.9 Å². The molecule has 1 aromatic rings. The molecule has 1 aromatic carbocycles. The number of hydrogen-bond acceptors (Lipinski definition) is 4. The zero-order valence-electron chi connectivity index (χ0n) is 13.0. The molecule has 9 heteroatoms. The van der Waals surface area contributed by atoms with Crippen molar-refractivity contribution in [3.05, 3.63) is 24.0 Å². The second-order valence-electron chi connectivity index (χ2n) is 5.41. The first-order chi connectivity index (χ1) is 10.8. The van der Waals surface area contributed by atoms with E-state index in [2.05, 4.69) is 10.6 Å². The normalized spacial score (nSPS) is 19.2. The molecule has 1 aliphatic rings. The largest absolute Gasteiger partial charge is 0.494 e.